The molecule has 0 saturated heterocycles. The van der Waals surface area contributed by atoms with Gasteiger partial charge in [-0.3, -0.25) is 4.90 Å². The van der Waals surface area contributed by atoms with Gasteiger partial charge in [-0.15, -0.1) is 0 Å². The van der Waals surface area contributed by atoms with E-state index in [1.54, 1.807) is 0 Å². The highest BCUT2D eigenvalue weighted by molar-refractivity contribution is 5.51. The van der Waals surface area contributed by atoms with Gasteiger partial charge in [-0.05, 0) is 46.5 Å². The number of hydrogen-bond acceptors (Lipinski definition) is 4. The molecule has 4 heteroatoms. The van der Waals surface area contributed by atoms with Gasteiger partial charge in [-0.25, -0.2) is 0 Å². The van der Waals surface area contributed by atoms with Gasteiger partial charge in [0.05, 0.1) is 12.1 Å². The molecule has 0 atom stereocenters. The van der Waals surface area contributed by atoms with Crippen molar-refractivity contribution in [2.24, 2.45) is 0 Å². The molecule has 0 aliphatic rings. The molecule has 0 saturated carbocycles. The Hall–Kier alpha value is -3.60. The van der Waals surface area contributed by atoms with Crippen LogP contribution in [0.4, 0.5) is 11.4 Å². The molecule has 0 spiro atoms. The van der Waals surface area contributed by atoms with E-state index in [9.17, 15) is 5.11 Å². The minimum Gasteiger partial charge on any atom is -0.399 e. The van der Waals surface area contributed by atoms with Gasteiger partial charge in [-0.2, -0.15) is 0 Å². The van der Waals surface area contributed by atoms with Crippen molar-refractivity contribution in [3.8, 4) is 0 Å². The van der Waals surface area contributed by atoms with Gasteiger partial charge in [0, 0.05) is 24.5 Å². The highest BCUT2D eigenvalue weighted by atomic mass is 16.3. The summed E-state index contributed by atoms with van der Waals surface area (Å²) in [4.78, 5) is 2.31. The van der Waals surface area contributed by atoms with E-state index in [4.69, 9.17) is 11.5 Å². The normalized spacial score (nSPS) is 11.6. The molecule has 4 aromatic rings. The van der Waals surface area contributed by atoms with E-state index in [1.165, 1.54) is 0 Å². The lowest BCUT2D eigenvalue weighted by atomic mass is 9.80. The topological polar surface area (TPSA) is 75.5 Å². The van der Waals surface area contributed by atoms with Gasteiger partial charge in [0.2, 0.25) is 0 Å². The molecule has 0 fully saturated rings. The lowest BCUT2D eigenvalue weighted by Crippen LogP contribution is -2.49. The Kier molecular flexibility index (Phi) is 6.55. The smallest absolute Gasteiger partial charge is 0.0957 e. The summed E-state index contributed by atoms with van der Waals surface area (Å²) in [6.07, 6.45) is 0. The van der Waals surface area contributed by atoms with Crippen LogP contribution in [0.2, 0.25) is 0 Å². The number of nitrogens with zero attached hydrogens (tertiary/aromatic N) is 1. The molecule has 5 N–H and O–H groups in total. The molecular formula is C28H29N3O. The van der Waals surface area contributed by atoms with Gasteiger partial charge in [0.25, 0.3) is 0 Å². The van der Waals surface area contributed by atoms with Gasteiger partial charge in [0.15, 0.2) is 0 Å². The third-order valence-corrected chi connectivity index (χ3v) is 5.93. The number of aliphatic hydroxyl groups excluding tert-OH is 1. The van der Waals surface area contributed by atoms with Gasteiger partial charge in [-0.1, -0.05) is 84.9 Å². The average Bonchev–Trinajstić information content (AvgIpc) is 2.81. The summed E-state index contributed by atoms with van der Waals surface area (Å²) in [5, 5.41) is 11.1. The third-order valence-electron chi connectivity index (χ3n) is 5.93. The van der Waals surface area contributed by atoms with Crippen molar-refractivity contribution in [3.05, 3.63) is 131 Å². The number of aliphatic hydroxyl groups is 1. The molecule has 0 aliphatic heterocycles. The minimum absolute atomic E-state index is 0.125. The van der Waals surface area contributed by atoms with Crippen LogP contribution in [0.5, 0.6) is 0 Å². The van der Waals surface area contributed by atoms with E-state index in [0.717, 1.165) is 22.3 Å². The van der Waals surface area contributed by atoms with Crippen molar-refractivity contribution in [2.45, 2.75) is 18.6 Å². The van der Waals surface area contributed by atoms with Crippen molar-refractivity contribution in [2.75, 3.05) is 18.1 Å². The highest BCUT2D eigenvalue weighted by Gasteiger charge is 2.40. The predicted octanol–water partition coefficient (Wildman–Crippen LogP) is 4.79. The minimum atomic E-state index is -0.837. The zero-order chi connectivity index (χ0) is 22.4. The fourth-order valence-electron chi connectivity index (χ4n) is 4.34. The number of benzene rings is 4. The van der Waals surface area contributed by atoms with Crippen molar-refractivity contribution in [3.63, 3.8) is 0 Å². The molecule has 4 aromatic carbocycles. The molecule has 0 heterocycles. The quantitative estimate of drug-likeness (QED) is 0.356. The SMILES string of the molecule is Nc1cccc(C(CO)(c2cccc(N)c2)N(Cc2ccccc2)Cc2ccccc2)c1. The van der Waals surface area contributed by atoms with Gasteiger partial charge < -0.3 is 16.6 Å². The van der Waals surface area contributed by atoms with Crippen LogP contribution in [0.1, 0.15) is 22.3 Å². The van der Waals surface area contributed by atoms with E-state index in [1.807, 2.05) is 84.9 Å². The van der Waals surface area contributed by atoms with Gasteiger partial charge >= 0.3 is 0 Å². The Bertz CT molecular complexity index is 1060. The van der Waals surface area contributed by atoms with Crippen LogP contribution in [-0.2, 0) is 18.6 Å². The summed E-state index contributed by atoms with van der Waals surface area (Å²) in [6, 6.07) is 36.2. The largest absolute Gasteiger partial charge is 0.399 e. The van der Waals surface area contributed by atoms with E-state index >= 15 is 0 Å². The maximum atomic E-state index is 11.1. The summed E-state index contributed by atoms with van der Waals surface area (Å²) in [6.45, 7) is 1.15. The molecule has 32 heavy (non-hydrogen) atoms. The van der Waals surface area contributed by atoms with Crippen LogP contribution in [0.3, 0.4) is 0 Å². The van der Waals surface area contributed by atoms with Crippen molar-refractivity contribution >= 4 is 11.4 Å². The van der Waals surface area contributed by atoms with Crippen LogP contribution in [0.25, 0.3) is 0 Å². The first-order valence-electron chi connectivity index (χ1n) is 10.8. The fraction of sp³-hybridized carbons (Fsp3) is 0.143. The summed E-state index contributed by atoms with van der Waals surface area (Å²) < 4.78 is 0. The Morgan fingerprint density at radius 1 is 0.594 bits per heavy atom. The van der Waals surface area contributed by atoms with Crippen molar-refractivity contribution < 1.29 is 5.11 Å². The Morgan fingerprint density at radius 2 is 1.03 bits per heavy atom. The first-order valence-corrected chi connectivity index (χ1v) is 10.8. The number of anilines is 2. The van der Waals surface area contributed by atoms with Crippen LogP contribution >= 0.6 is 0 Å². The van der Waals surface area contributed by atoms with Crippen molar-refractivity contribution in [1.29, 1.82) is 0 Å². The van der Waals surface area contributed by atoms with Crippen molar-refractivity contribution in [1.82, 2.24) is 4.90 Å². The number of nitrogens with two attached hydrogens (primary N) is 2. The van der Waals surface area contributed by atoms with E-state index in [2.05, 4.69) is 29.2 Å². The molecule has 162 valence electrons. The zero-order valence-corrected chi connectivity index (χ0v) is 18.1. The monoisotopic (exact) mass is 423 g/mol. The fourth-order valence-corrected chi connectivity index (χ4v) is 4.34. The Labute approximate surface area is 189 Å². The number of hydrogen-bond donors (Lipinski definition) is 3. The first kappa shape index (κ1) is 21.6. The van der Waals surface area contributed by atoms with Crippen LogP contribution in [0.15, 0.2) is 109 Å². The van der Waals surface area contributed by atoms with Crippen LogP contribution in [-0.4, -0.2) is 16.6 Å². The maximum absolute atomic E-state index is 11.1. The lowest BCUT2D eigenvalue weighted by Gasteiger charge is -2.44. The van der Waals surface area contributed by atoms with Crippen LogP contribution < -0.4 is 11.5 Å². The predicted molar refractivity (Wildman–Crippen MR) is 132 cm³/mol. The first-order chi connectivity index (χ1) is 15.6. The van der Waals surface area contributed by atoms with E-state index in [0.29, 0.717) is 24.5 Å². The molecule has 4 rings (SSSR count). The molecule has 0 amide bonds. The Balaban J connectivity index is 1.92. The Morgan fingerprint density at radius 3 is 1.41 bits per heavy atom. The standard InChI is InChI=1S/C28H29N3O/c29-26-15-7-13-24(17-26)28(21-32,25-14-8-16-27(30)18-25)31(19-22-9-3-1-4-10-22)20-23-11-5-2-6-12-23/h1-18,32H,19-21,29-30H2. The molecule has 4 nitrogen and oxygen atoms in total. The maximum Gasteiger partial charge on any atom is 0.0957 e. The number of nitrogen functional groups attached to an aromatic ring is 2. The molecular weight excluding hydrogens is 394 g/mol. The molecule has 0 aliphatic carbocycles. The number of rotatable bonds is 8. The second kappa shape index (κ2) is 9.69. The van der Waals surface area contributed by atoms with E-state index < -0.39 is 5.54 Å². The lowest BCUT2D eigenvalue weighted by molar-refractivity contribution is 0.0438. The molecule has 0 bridgehead atoms. The molecule has 0 radical (unpaired) electrons. The summed E-state index contributed by atoms with van der Waals surface area (Å²) >= 11 is 0. The van der Waals surface area contributed by atoms with Gasteiger partial charge in [0.1, 0.15) is 0 Å². The average molecular weight is 424 g/mol. The third kappa shape index (κ3) is 4.52. The van der Waals surface area contributed by atoms with Crippen LogP contribution in [0, 0.1) is 0 Å². The second-order valence-electron chi connectivity index (χ2n) is 8.10. The summed E-state index contributed by atoms with van der Waals surface area (Å²) in [7, 11) is 0. The highest BCUT2D eigenvalue weighted by Crippen LogP contribution is 2.39. The zero-order valence-electron chi connectivity index (χ0n) is 18.1. The molecule has 0 aromatic heterocycles. The second-order valence-corrected chi connectivity index (χ2v) is 8.10. The van der Waals surface area contributed by atoms with E-state index in [-0.39, 0.29) is 6.61 Å². The summed E-state index contributed by atoms with van der Waals surface area (Å²) in [5.41, 5.74) is 17.1. The summed E-state index contributed by atoms with van der Waals surface area (Å²) in [5.74, 6) is 0. The molecule has 0 unspecified atom stereocenters.